The van der Waals surface area contributed by atoms with Crippen LogP contribution >= 0.6 is 11.8 Å². The summed E-state index contributed by atoms with van der Waals surface area (Å²) in [4.78, 5) is 11.8. The second-order valence-electron chi connectivity index (χ2n) is 21.6. The number of fused-ring (bicyclic) bond motifs is 5. The Bertz CT molecular complexity index is 2570. The third kappa shape index (κ3) is 7.87. The van der Waals surface area contributed by atoms with Crippen molar-refractivity contribution in [1.82, 2.24) is 20.9 Å². The van der Waals surface area contributed by atoms with Crippen LogP contribution in [-0.4, -0.2) is 35.2 Å². The molecule has 4 heterocycles. The van der Waals surface area contributed by atoms with Crippen molar-refractivity contribution in [3.8, 4) is 0 Å². The van der Waals surface area contributed by atoms with E-state index in [0.29, 0.717) is 65.3 Å². The van der Waals surface area contributed by atoms with E-state index in [4.69, 9.17) is 4.99 Å². The lowest BCUT2D eigenvalue weighted by atomic mass is 9.65. The molecule has 0 bridgehead atoms. The summed E-state index contributed by atoms with van der Waals surface area (Å²) in [5.74, 6) is 5.67. The first-order valence-corrected chi connectivity index (χ1v) is 27.3. The molecule has 9 aliphatic carbocycles. The topological polar surface area (TPSA) is 51.7 Å². The number of nitrogens with one attached hydrogen (secondary N) is 3. The molecule has 4 aliphatic heterocycles. The van der Waals surface area contributed by atoms with E-state index in [9.17, 15) is 0 Å². The van der Waals surface area contributed by atoms with Crippen molar-refractivity contribution in [2.24, 2.45) is 58.3 Å². The number of hydrogen-bond acceptors (Lipinski definition) is 6. The Labute approximate surface area is 404 Å². The van der Waals surface area contributed by atoms with Crippen molar-refractivity contribution < 1.29 is 0 Å². The van der Waals surface area contributed by atoms with E-state index in [1.165, 1.54) is 60.2 Å². The number of hydrogen-bond donors (Lipinski definition) is 3. The minimum Gasteiger partial charge on any atom is -0.384 e. The second-order valence-corrected chi connectivity index (χ2v) is 22.7. The molecular weight excluding hydrogens is 835 g/mol. The summed E-state index contributed by atoms with van der Waals surface area (Å²) in [5.41, 5.74) is 10.5. The lowest BCUT2D eigenvalue weighted by Gasteiger charge is -2.41. The molecule has 0 amide bonds. The fourth-order valence-corrected chi connectivity index (χ4v) is 16.1. The minimum absolute atomic E-state index is 0.0255. The van der Waals surface area contributed by atoms with E-state index >= 15 is 0 Å². The van der Waals surface area contributed by atoms with Gasteiger partial charge in [0.05, 0.1) is 0 Å². The highest BCUT2D eigenvalue weighted by Gasteiger charge is 2.52. The molecule has 1 fully saturated rings. The molecule has 1 saturated heterocycles. The highest BCUT2D eigenvalue weighted by Crippen LogP contribution is 2.61. The third-order valence-corrected chi connectivity index (χ3v) is 19.3. The van der Waals surface area contributed by atoms with Crippen molar-refractivity contribution in [1.29, 1.82) is 0 Å². The van der Waals surface area contributed by atoms with Crippen LogP contribution in [0, 0.1) is 53.3 Å². The summed E-state index contributed by atoms with van der Waals surface area (Å²) in [6.45, 7) is 0. The molecule has 13 unspecified atom stereocenters. The number of nitrogens with zero attached hydrogens (tertiary/aromatic N) is 2. The Morgan fingerprint density at radius 1 is 0.657 bits per heavy atom. The third-order valence-electron chi connectivity index (χ3n) is 17.9. The molecule has 13 rings (SSSR count). The van der Waals surface area contributed by atoms with Crippen LogP contribution in [0.15, 0.2) is 194 Å². The first-order chi connectivity index (χ1) is 33.2. The van der Waals surface area contributed by atoms with Gasteiger partial charge in [-0.25, -0.2) is 4.99 Å². The summed E-state index contributed by atoms with van der Waals surface area (Å²) in [6, 6.07) is 0.847. The molecule has 6 heteroatoms. The fourth-order valence-electron chi connectivity index (χ4n) is 14.6. The monoisotopic (exact) mass is 904 g/mol. The number of allylic oxidation sites excluding steroid dienone is 27. The molecule has 0 aromatic rings. The summed E-state index contributed by atoms with van der Waals surface area (Å²) in [6.07, 6.45) is 73.0. The van der Waals surface area contributed by atoms with E-state index in [0.717, 1.165) is 70.0 Å². The number of aliphatic imine (C=N–C) groups is 1. The van der Waals surface area contributed by atoms with Gasteiger partial charge in [-0.2, -0.15) is 0 Å². The van der Waals surface area contributed by atoms with Crippen molar-refractivity contribution in [2.75, 3.05) is 0 Å². The fraction of sp³-hybridized carbons (Fsp3) is 0.459. The summed E-state index contributed by atoms with van der Waals surface area (Å²) < 4.78 is 0. The molecule has 3 N–H and O–H groups in total. The highest BCUT2D eigenvalue weighted by molar-refractivity contribution is 8.07. The van der Waals surface area contributed by atoms with Gasteiger partial charge in [0.25, 0.3) is 0 Å². The number of thioether (sulfide) groups is 1. The SMILES string of the molecule is C1=CCCC(C2N=C(C3=C(C4CC=CC5=C4SC4=CC6C7CC=CC=C7N(C7=CC=CCC7)C6CC45)NC(C4CC(C5C=CC=CC5)C=CC4C4C=CC=CC4)C3)NC(C3=CCCCC3)N2)=C1. The van der Waals surface area contributed by atoms with E-state index in [2.05, 4.69) is 172 Å². The van der Waals surface area contributed by atoms with Gasteiger partial charge < -0.3 is 15.5 Å². The van der Waals surface area contributed by atoms with Crippen LogP contribution in [-0.2, 0) is 0 Å². The maximum absolute atomic E-state index is 5.78. The van der Waals surface area contributed by atoms with Gasteiger partial charge in [0, 0.05) is 63.3 Å². The minimum atomic E-state index is -0.0255. The van der Waals surface area contributed by atoms with Crippen LogP contribution in [0.2, 0.25) is 0 Å². The van der Waals surface area contributed by atoms with Gasteiger partial charge in [-0.05, 0) is 160 Å². The maximum Gasteiger partial charge on any atom is 0.129 e. The van der Waals surface area contributed by atoms with Gasteiger partial charge >= 0.3 is 0 Å². The Balaban J connectivity index is 0.886. The molecule has 13 aliphatic rings. The molecule has 13 atom stereocenters. The van der Waals surface area contributed by atoms with Crippen molar-refractivity contribution in [3.63, 3.8) is 0 Å². The normalized spacial score (nSPS) is 39.2. The Morgan fingerprint density at radius 3 is 2.31 bits per heavy atom. The Hall–Kier alpha value is -4.78. The predicted molar refractivity (Wildman–Crippen MR) is 279 cm³/mol. The van der Waals surface area contributed by atoms with Gasteiger partial charge in [-0.1, -0.05) is 139 Å². The molecule has 344 valence electrons. The maximum atomic E-state index is 5.78. The number of amidine groups is 1. The van der Waals surface area contributed by atoms with Gasteiger partial charge in [-0.3, -0.25) is 5.32 Å². The smallest absolute Gasteiger partial charge is 0.129 e. The van der Waals surface area contributed by atoms with Crippen LogP contribution in [0.25, 0.3) is 0 Å². The van der Waals surface area contributed by atoms with E-state index < -0.39 is 0 Å². The van der Waals surface area contributed by atoms with Crippen molar-refractivity contribution in [2.45, 2.75) is 121 Å². The first kappa shape index (κ1) is 42.3. The van der Waals surface area contributed by atoms with Crippen LogP contribution in [0.4, 0.5) is 0 Å². The average molecular weight is 904 g/mol. The van der Waals surface area contributed by atoms with E-state index in [1.807, 2.05) is 0 Å². The van der Waals surface area contributed by atoms with Crippen molar-refractivity contribution in [3.05, 3.63) is 189 Å². The van der Waals surface area contributed by atoms with Gasteiger partial charge in [0.15, 0.2) is 0 Å². The molecule has 0 spiro atoms. The number of likely N-dealkylation sites (tertiary alicyclic amines) is 1. The van der Waals surface area contributed by atoms with Gasteiger partial charge in [0.1, 0.15) is 18.2 Å². The van der Waals surface area contributed by atoms with Gasteiger partial charge in [-0.15, -0.1) is 0 Å². The average Bonchev–Trinajstić information content (AvgIpc) is 4.11. The quantitative estimate of drug-likeness (QED) is 0.212. The first-order valence-electron chi connectivity index (χ1n) is 26.5. The zero-order valence-corrected chi connectivity index (χ0v) is 40.0. The predicted octanol–water partition coefficient (Wildman–Crippen LogP) is 13.2. The van der Waals surface area contributed by atoms with E-state index in [1.54, 1.807) is 21.1 Å². The molecular formula is C61H69N5S. The van der Waals surface area contributed by atoms with Crippen LogP contribution in [0.3, 0.4) is 0 Å². The van der Waals surface area contributed by atoms with Crippen LogP contribution in [0.1, 0.15) is 96.3 Å². The van der Waals surface area contributed by atoms with Crippen LogP contribution < -0.4 is 16.0 Å². The highest BCUT2D eigenvalue weighted by atomic mass is 32.2. The molecule has 0 radical (unpaired) electrons. The van der Waals surface area contributed by atoms with Gasteiger partial charge in [0.2, 0.25) is 0 Å². The molecule has 0 saturated carbocycles. The zero-order chi connectivity index (χ0) is 44.3. The number of rotatable bonds is 8. The largest absolute Gasteiger partial charge is 0.384 e. The molecule has 0 aromatic heterocycles. The summed E-state index contributed by atoms with van der Waals surface area (Å²) >= 11 is 2.17. The summed E-state index contributed by atoms with van der Waals surface area (Å²) in [7, 11) is 0. The van der Waals surface area contributed by atoms with E-state index in [-0.39, 0.29) is 12.3 Å². The summed E-state index contributed by atoms with van der Waals surface area (Å²) in [5, 5.41) is 12.7. The lowest BCUT2D eigenvalue weighted by molar-refractivity contribution is 0.192. The molecule has 5 nitrogen and oxygen atoms in total. The standard InChI is InChI=1S/C61H69N5S/c1-6-19-39(20-7-1)43-33-34-45(40-21-8-2-9-22-40)49(35-43)53-36-52(61-64-59(41-23-10-3-11-24-41)63-60(65-61)42-25-12-4-13-26-42)57(62-53)48-31-18-30-47-51-37-55-50(38-56(51)67-58(47)48)46-29-16-17-32-54(46)66(55)44-27-14-5-15-28-44/h1-3,5-10,14,16-19,21,23,25,27,30,32-34,38-40,43,45-46,48-51,53,55,59-60,62-63H,4,11-13,15,20,22,24,26,28-29,31,35-37H2,(H,64,65). The Kier molecular flexibility index (Phi) is 11.5. The Morgan fingerprint density at radius 2 is 1.51 bits per heavy atom. The second kappa shape index (κ2) is 18.3. The molecule has 0 aromatic carbocycles. The zero-order valence-electron chi connectivity index (χ0n) is 39.2. The van der Waals surface area contributed by atoms with Crippen LogP contribution in [0.5, 0.6) is 0 Å². The van der Waals surface area contributed by atoms with Crippen molar-refractivity contribution >= 4 is 17.6 Å². The molecule has 67 heavy (non-hydrogen) atoms. The lowest BCUT2D eigenvalue weighted by Crippen LogP contribution is -2.56.